The van der Waals surface area contributed by atoms with E-state index in [0.717, 1.165) is 16.9 Å². The second-order valence-corrected chi connectivity index (χ2v) is 9.45. The SMILES string of the molecule is CCC(C(=O)Nc1cc(Cl)ccc1OC)n1cnc2sc(C(=O)OCc3ccccc3)c(C)c2c1=O. The molecule has 1 atom stereocenters. The van der Waals surface area contributed by atoms with Crippen molar-refractivity contribution in [1.82, 2.24) is 9.55 Å². The molecule has 1 unspecified atom stereocenters. The van der Waals surface area contributed by atoms with Crippen LogP contribution in [0, 0.1) is 6.92 Å². The third-order valence-corrected chi connectivity index (χ3v) is 7.13. The van der Waals surface area contributed by atoms with Gasteiger partial charge in [-0.1, -0.05) is 48.9 Å². The summed E-state index contributed by atoms with van der Waals surface area (Å²) in [5.41, 5.74) is 1.33. The zero-order chi connectivity index (χ0) is 25.8. The third kappa shape index (κ3) is 5.12. The van der Waals surface area contributed by atoms with E-state index in [2.05, 4.69) is 10.3 Å². The average molecular weight is 526 g/mol. The Kier molecular flexibility index (Phi) is 7.71. The number of nitrogens with zero attached hydrogens (tertiary/aromatic N) is 2. The molecular formula is C26H24ClN3O5S. The molecule has 0 aliphatic carbocycles. The van der Waals surface area contributed by atoms with E-state index in [-0.39, 0.29) is 6.61 Å². The van der Waals surface area contributed by atoms with Crippen molar-refractivity contribution in [3.8, 4) is 5.75 Å². The Morgan fingerprint density at radius 1 is 1.19 bits per heavy atom. The number of nitrogens with one attached hydrogen (secondary N) is 1. The van der Waals surface area contributed by atoms with E-state index in [0.29, 0.717) is 43.5 Å². The van der Waals surface area contributed by atoms with Gasteiger partial charge in [0.05, 0.1) is 24.5 Å². The van der Waals surface area contributed by atoms with Gasteiger partial charge in [-0.2, -0.15) is 0 Å². The molecule has 0 aliphatic rings. The van der Waals surface area contributed by atoms with Crippen molar-refractivity contribution in [3.63, 3.8) is 0 Å². The van der Waals surface area contributed by atoms with Gasteiger partial charge in [0.15, 0.2) is 0 Å². The number of thiophene rings is 1. The number of carbonyl (C=O) groups is 2. The second kappa shape index (κ2) is 10.9. The van der Waals surface area contributed by atoms with Gasteiger partial charge < -0.3 is 14.8 Å². The summed E-state index contributed by atoms with van der Waals surface area (Å²) >= 11 is 7.17. The predicted molar refractivity (Wildman–Crippen MR) is 140 cm³/mol. The monoisotopic (exact) mass is 525 g/mol. The maximum Gasteiger partial charge on any atom is 0.349 e. The molecule has 2 aromatic heterocycles. The van der Waals surface area contributed by atoms with Gasteiger partial charge in [-0.15, -0.1) is 11.3 Å². The highest BCUT2D eigenvalue weighted by Gasteiger charge is 2.25. The number of benzene rings is 2. The molecule has 10 heteroatoms. The molecule has 0 saturated carbocycles. The molecule has 2 heterocycles. The van der Waals surface area contributed by atoms with E-state index in [1.807, 2.05) is 30.3 Å². The number of methoxy groups -OCH3 is 1. The van der Waals surface area contributed by atoms with Crippen LogP contribution in [0.4, 0.5) is 5.69 Å². The van der Waals surface area contributed by atoms with Crippen LogP contribution in [-0.4, -0.2) is 28.5 Å². The van der Waals surface area contributed by atoms with E-state index >= 15 is 0 Å². The van der Waals surface area contributed by atoms with Crippen molar-refractivity contribution in [1.29, 1.82) is 0 Å². The normalized spacial score (nSPS) is 11.8. The molecule has 0 fully saturated rings. The molecule has 0 spiro atoms. The molecule has 2 aromatic carbocycles. The lowest BCUT2D eigenvalue weighted by Gasteiger charge is -2.18. The molecule has 8 nitrogen and oxygen atoms in total. The van der Waals surface area contributed by atoms with Crippen molar-refractivity contribution in [3.05, 3.63) is 86.2 Å². The minimum absolute atomic E-state index is 0.121. The topological polar surface area (TPSA) is 99.5 Å². The zero-order valence-corrected chi connectivity index (χ0v) is 21.5. The second-order valence-electron chi connectivity index (χ2n) is 8.01. The zero-order valence-electron chi connectivity index (χ0n) is 19.9. The first-order chi connectivity index (χ1) is 17.3. The number of aryl methyl sites for hydroxylation is 1. The number of hydrogen-bond donors (Lipinski definition) is 1. The fraction of sp³-hybridized carbons (Fsp3) is 0.231. The summed E-state index contributed by atoms with van der Waals surface area (Å²) in [5.74, 6) is -0.504. The van der Waals surface area contributed by atoms with Gasteiger partial charge in [0.2, 0.25) is 5.91 Å². The maximum absolute atomic E-state index is 13.5. The summed E-state index contributed by atoms with van der Waals surface area (Å²) < 4.78 is 12.0. The number of aromatic nitrogens is 2. The lowest BCUT2D eigenvalue weighted by atomic mass is 10.1. The summed E-state index contributed by atoms with van der Waals surface area (Å²) in [6, 6.07) is 13.4. The number of anilines is 1. The Labute approximate surface area is 216 Å². The fourth-order valence-corrected chi connectivity index (χ4v) is 5.05. The Balaban J connectivity index is 1.62. The highest BCUT2D eigenvalue weighted by molar-refractivity contribution is 7.20. The molecule has 36 heavy (non-hydrogen) atoms. The van der Waals surface area contributed by atoms with Crippen LogP contribution in [0.5, 0.6) is 5.75 Å². The van der Waals surface area contributed by atoms with Crippen LogP contribution in [-0.2, 0) is 16.1 Å². The van der Waals surface area contributed by atoms with Crippen LogP contribution < -0.4 is 15.6 Å². The summed E-state index contributed by atoms with van der Waals surface area (Å²) in [7, 11) is 1.49. The van der Waals surface area contributed by atoms with Crippen LogP contribution in [0.1, 0.15) is 40.2 Å². The van der Waals surface area contributed by atoms with Gasteiger partial charge in [-0.25, -0.2) is 9.78 Å². The largest absolute Gasteiger partial charge is 0.495 e. The van der Waals surface area contributed by atoms with Crippen LogP contribution in [0.2, 0.25) is 5.02 Å². The van der Waals surface area contributed by atoms with Crippen molar-refractivity contribution >= 4 is 50.7 Å². The molecule has 4 aromatic rings. The van der Waals surface area contributed by atoms with Gasteiger partial charge in [0.25, 0.3) is 5.56 Å². The molecule has 1 amide bonds. The van der Waals surface area contributed by atoms with E-state index in [9.17, 15) is 14.4 Å². The molecule has 186 valence electrons. The first-order valence-electron chi connectivity index (χ1n) is 11.2. The Bertz CT molecular complexity index is 1480. The lowest BCUT2D eigenvalue weighted by molar-refractivity contribution is -0.119. The van der Waals surface area contributed by atoms with Crippen LogP contribution >= 0.6 is 22.9 Å². The highest BCUT2D eigenvalue weighted by atomic mass is 35.5. The number of rotatable bonds is 8. The smallest absolute Gasteiger partial charge is 0.349 e. The van der Waals surface area contributed by atoms with Crippen LogP contribution in [0.15, 0.2) is 59.7 Å². The van der Waals surface area contributed by atoms with E-state index in [4.69, 9.17) is 21.1 Å². The minimum Gasteiger partial charge on any atom is -0.495 e. The number of esters is 1. The van der Waals surface area contributed by atoms with Gasteiger partial charge in [0.1, 0.15) is 28.1 Å². The van der Waals surface area contributed by atoms with Crippen LogP contribution in [0.3, 0.4) is 0 Å². The van der Waals surface area contributed by atoms with E-state index in [1.54, 1.807) is 32.0 Å². The van der Waals surface area contributed by atoms with Crippen LogP contribution in [0.25, 0.3) is 10.2 Å². The summed E-state index contributed by atoms with van der Waals surface area (Å²) in [5, 5.41) is 3.51. The fourth-order valence-electron chi connectivity index (χ4n) is 3.84. The van der Waals surface area contributed by atoms with Gasteiger partial charge >= 0.3 is 5.97 Å². The number of hydrogen-bond acceptors (Lipinski definition) is 7. The summed E-state index contributed by atoms with van der Waals surface area (Å²) in [4.78, 5) is 44.5. The quantitative estimate of drug-likeness (QED) is 0.310. The number of fused-ring (bicyclic) bond motifs is 1. The van der Waals surface area contributed by atoms with Gasteiger partial charge in [-0.05, 0) is 42.7 Å². The Hall–Kier alpha value is -3.69. The molecule has 1 N–H and O–H groups in total. The van der Waals surface area contributed by atoms with Crippen molar-refractivity contribution in [2.75, 3.05) is 12.4 Å². The average Bonchev–Trinajstić information content (AvgIpc) is 3.22. The van der Waals surface area contributed by atoms with Crippen molar-refractivity contribution < 1.29 is 19.1 Å². The Morgan fingerprint density at radius 3 is 2.64 bits per heavy atom. The van der Waals surface area contributed by atoms with Crippen molar-refractivity contribution in [2.24, 2.45) is 0 Å². The molecule has 4 rings (SSSR count). The number of carbonyl (C=O) groups excluding carboxylic acids is 2. The molecule has 0 aliphatic heterocycles. The molecule has 0 radical (unpaired) electrons. The summed E-state index contributed by atoms with van der Waals surface area (Å²) in [6.45, 7) is 3.60. The van der Waals surface area contributed by atoms with Gasteiger partial charge in [0, 0.05) is 5.02 Å². The van der Waals surface area contributed by atoms with Gasteiger partial charge in [-0.3, -0.25) is 14.2 Å². The Morgan fingerprint density at radius 2 is 1.94 bits per heavy atom. The standard InChI is InChI=1S/C26H24ClN3O5S/c1-4-19(23(31)29-18-12-17(27)10-11-20(18)34-3)30-14-28-24-21(25(30)32)15(2)22(36-24)26(33)35-13-16-8-6-5-7-9-16/h5-12,14,19H,4,13H2,1-3H3,(H,29,31). The number of halogens is 1. The molecule has 0 saturated heterocycles. The number of ether oxygens (including phenoxy) is 2. The third-order valence-electron chi connectivity index (χ3n) is 5.72. The first-order valence-corrected chi connectivity index (χ1v) is 12.4. The number of amides is 1. The molecular weight excluding hydrogens is 502 g/mol. The maximum atomic E-state index is 13.5. The molecule has 0 bridgehead atoms. The van der Waals surface area contributed by atoms with E-state index < -0.39 is 23.5 Å². The lowest BCUT2D eigenvalue weighted by Crippen LogP contribution is -2.33. The van der Waals surface area contributed by atoms with E-state index in [1.165, 1.54) is 18.0 Å². The highest BCUT2D eigenvalue weighted by Crippen LogP contribution is 2.30. The summed E-state index contributed by atoms with van der Waals surface area (Å²) in [6.07, 6.45) is 1.67. The van der Waals surface area contributed by atoms with Crippen molar-refractivity contribution in [2.45, 2.75) is 32.9 Å². The predicted octanol–water partition coefficient (Wildman–Crippen LogP) is 5.38. The minimum atomic E-state index is -0.842. The first kappa shape index (κ1) is 25.4.